The summed E-state index contributed by atoms with van der Waals surface area (Å²) in [6.45, 7) is 0. The average Bonchev–Trinajstić information content (AvgIpc) is 2.54. The summed E-state index contributed by atoms with van der Waals surface area (Å²) in [7, 11) is 0. The van der Waals surface area contributed by atoms with Crippen LogP contribution in [0.2, 0.25) is 0 Å². The quantitative estimate of drug-likeness (QED) is 0.681. The van der Waals surface area contributed by atoms with Crippen molar-refractivity contribution in [2.45, 2.75) is 0 Å². The van der Waals surface area contributed by atoms with E-state index in [-0.39, 0.29) is 5.43 Å². The first-order valence-corrected chi connectivity index (χ1v) is 6.20. The van der Waals surface area contributed by atoms with Crippen molar-refractivity contribution in [2.24, 2.45) is 0 Å². The van der Waals surface area contributed by atoms with Gasteiger partial charge in [0.05, 0.1) is 28.7 Å². The molecule has 0 aliphatic carbocycles. The molecule has 0 saturated carbocycles. The van der Waals surface area contributed by atoms with Gasteiger partial charge in [-0.05, 0) is 42.5 Å². The Kier molecular flexibility index (Phi) is 2.99. The summed E-state index contributed by atoms with van der Waals surface area (Å²) in [4.78, 5) is 12.1. The van der Waals surface area contributed by atoms with Crippen LogP contribution < -0.4 is 5.43 Å². The van der Waals surface area contributed by atoms with Crippen molar-refractivity contribution in [3.8, 4) is 23.5 Å². The van der Waals surface area contributed by atoms with E-state index < -0.39 is 0 Å². The zero-order valence-electron chi connectivity index (χ0n) is 10.8. The SMILES string of the molecule is N#Cc1ccc(-c2cc(=O)c3cc(C#N)ccc3o2)cc1. The van der Waals surface area contributed by atoms with Gasteiger partial charge in [0, 0.05) is 11.6 Å². The second-order valence-corrected chi connectivity index (χ2v) is 4.49. The fourth-order valence-corrected chi connectivity index (χ4v) is 2.08. The average molecular weight is 272 g/mol. The molecule has 1 heterocycles. The molecule has 0 unspecified atom stereocenters. The Morgan fingerprint density at radius 2 is 1.52 bits per heavy atom. The third-order valence-electron chi connectivity index (χ3n) is 3.15. The summed E-state index contributed by atoms with van der Waals surface area (Å²) in [5.41, 5.74) is 1.91. The monoisotopic (exact) mass is 272 g/mol. The van der Waals surface area contributed by atoms with Gasteiger partial charge in [-0.3, -0.25) is 4.79 Å². The van der Waals surface area contributed by atoms with Gasteiger partial charge in [0.2, 0.25) is 0 Å². The molecular formula is C17H8N2O2. The summed E-state index contributed by atoms with van der Waals surface area (Å²) < 4.78 is 5.71. The van der Waals surface area contributed by atoms with Crippen molar-refractivity contribution < 1.29 is 4.42 Å². The van der Waals surface area contributed by atoms with Crippen LogP contribution >= 0.6 is 0 Å². The van der Waals surface area contributed by atoms with Gasteiger partial charge in [0.15, 0.2) is 5.43 Å². The van der Waals surface area contributed by atoms with Gasteiger partial charge in [0.1, 0.15) is 11.3 Å². The standard InChI is InChI=1S/C17H8N2O2/c18-9-11-1-4-13(5-2-11)17-8-15(20)14-7-12(10-19)3-6-16(14)21-17/h1-8H. The van der Waals surface area contributed by atoms with Crippen LogP contribution in [0, 0.1) is 22.7 Å². The molecule has 0 aliphatic heterocycles. The smallest absolute Gasteiger partial charge is 0.193 e. The third kappa shape index (κ3) is 2.27. The van der Waals surface area contributed by atoms with E-state index in [0.717, 1.165) is 5.56 Å². The maximum Gasteiger partial charge on any atom is 0.193 e. The highest BCUT2D eigenvalue weighted by atomic mass is 16.3. The van der Waals surface area contributed by atoms with Crippen molar-refractivity contribution in [3.63, 3.8) is 0 Å². The highest BCUT2D eigenvalue weighted by Gasteiger charge is 2.07. The molecule has 3 rings (SSSR count). The number of nitriles is 2. The Morgan fingerprint density at radius 1 is 0.857 bits per heavy atom. The molecule has 21 heavy (non-hydrogen) atoms. The molecule has 1 aromatic heterocycles. The number of hydrogen-bond acceptors (Lipinski definition) is 4. The fraction of sp³-hybridized carbons (Fsp3) is 0. The lowest BCUT2D eigenvalue weighted by atomic mass is 10.1. The maximum atomic E-state index is 12.1. The Bertz CT molecular complexity index is 971. The third-order valence-corrected chi connectivity index (χ3v) is 3.15. The molecule has 0 atom stereocenters. The number of hydrogen-bond donors (Lipinski definition) is 0. The molecule has 3 aromatic rings. The van der Waals surface area contributed by atoms with Gasteiger partial charge in [-0.15, -0.1) is 0 Å². The minimum Gasteiger partial charge on any atom is -0.456 e. The van der Waals surface area contributed by atoms with Crippen molar-refractivity contribution in [2.75, 3.05) is 0 Å². The van der Waals surface area contributed by atoms with E-state index in [1.165, 1.54) is 12.1 Å². The second kappa shape index (κ2) is 4.96. The van der Waals surface area contributed by atoms with E-state index in [2.05, 4.69) is 0 Å². The van der Waals surface area contributed by atoms with Gasteiger partial charge in [-0.2, -0.15) is 10.5 Å². The fourth-order valence-electron chi connectivity index (χ4n) is 2.08. The largest absolute Gasteiger partial charge is 0.456 e. The number of rotatable bonds is 1. The van der Waals surface area contributed by atoms with Crippen LogP contribution in [0.25, 0.3) is 22.3 Å². The van der Waals surface area contributed by atoms with Crippen LogP contribution in [0.1, 0.15) is 11.1 Å². The lowest BCUT2D eigenvalue weighted by molar-refractivity contribution is 0.619. The first-order chi connectivity index (χ1) is 10.2. The Labute approximate surface area is 120 Å². The van der Waals surface area contributed by atoms with Gasteiger partial charge < -0.3 is 4.42 Å². The van der Waals surface area contributed by atoms with E-state index in [1.54, 1.807) is 36.4 Å². The van der Waals surface area contributed by atoms with E-state index in [0.29, 0.717) is 27.9 Å². The summed E-state index contributed by atoms with van der Waals surface area (Å²) in [6, 6.07) is 16.9. The molecule has 0 bridgehead atoms. The molecule has 98 valence electrons. The van der Waals surface area contributed by atoms with Gasteiger partial charge in [-0.1, -0.05) is 0 Å². The number of fused-ring (bicyclic) bond motifs is 1. The normalized spacial score (nSPS) is 10.0. The molecule has 2 aromatic carbocycles. The number of nitrogens with zero attached hydrogens (tertiary/aromatic N) is 2. The zero-order chi connectivity index (χ0) is 14.8. The molecule has 0 saturated heterocycles. The summed E-state index contributed by atoms with van der Waals surface area (Å²) in [5, 5.41) is 18.0. The Morgan fingerprint density at radius 3 is 2.19 bits per heavy atom. The lowest BCUT2D eigenvalue weighted by Crippen LogP contribution is -2.00. The summed E-state index contributed by atoms with van der Waals surface area (Å²) in [6.07, 6.45) is 0. The Balaban J connectivity index is 2.19. The predicted molar refractivity (Wildman–Crippen MR) is 77.4 cm³/mol. The van der Waals surface area contributed by atoms with Crippen LogP contribution in [0.5, 0.6) is 0 Å². The van der Waals surface area contributed by atoms with E-state index >= 15 is 0 Å². The van der Waals surface area contributed by atoms with Crippen LogP contribution in [-0.4, -0.2) is 0 Å². The maximum absolute atomic E-state index is 12.1. The molecule has 0 N–H and O–H groups in total. The van der Waals surface area contributed by atoms with Crippen molar-refractivity contribution in [1.82, 2.24) is 0 Å². The van der Waals surface area contributed by atoms with Gasteiger partial charge >= 0.3 is 0 Å². The topological polar surface area (TPSA) is 77.8 Å². The minimum atomic E-state index is -0.201. The highest BCUT2D eigenvalue weighted by molar-refractivity contribution is 5.80. The first-order valence-electron chi connectivity index (χ1n) is 6.20. The first kappa shape index (κ1) is 12.7. The van der Waals surface area contributed by atoms with Crippen LogP contribution in [0.3, 0.4) is 0 Å². The highest BCUT2D eigenvalue weighted by Crippen LogP contribution is 2.23. The van der Waals surface area contributed by atoms with Crippen LogP contribution in [-0.2, 0) is 0 Å². The lowest BCUT2D eigenvalue weighted by Gasteiger charge is -2.03. The van der Waals surface area contributed by atoms with Gasteiger partial charge in [0.25, 0.3) is 0 Å². The van der Waals surface area contributed by atoms with Crippen molar-refractivity contribution >= 4 is 11.0 Å². The predicted octanol–water partition coefficient (Wildman–Crippen LogP) is 3.20. The van der Waals surface area contributed by atoms with Crippen LogP contribution in [0.15, 0.2) is 57.7 Å². The minimum absolute atomic E-state index is 0.201. The second-order valence-electron chi connectivity index (χ2n) is 4.49. The molecular weight excluding hydrogens is 264 g/mol. The molecule has 0 aliphatic rings. The number of benzene rings is 2. The van der Waals surface area contributed by atoms with Crippen molar-refractivity contribution in [1.29, 1.82) is 10.5 Å². The molecule has 4 nitrogen and oxygen atoms in total. The molecule has 0 amide bonds. The molecule has 0 spiro atoms. The summed E-state index contributed by atoms with van der Waals surface area (Å²) >= 11 is 0. The molecule has 4 heteroatoms. The van der Waals surface area contributed by atoms with E-state index in [9.17, 15) is 4.79 Å². The van der Waals surface area contributed by atoms with Gasteiger partial charge in [-0.25, -0.2) is 0 Å². The Hall–Kier alpha value is -3.37. The van der Waals surface area contributed by atoms with Crippen LogP contribution in [0.4, 0.5) is 0 Å². The molecule has 0 radical (unpaired) electrons. The zero-order valence-corrected chi connectivity index (χ0v) is 10.8. The molecule has 0 fully saturated rings. The van der Waals surface area contributed by atoms with E-state index in [1.807, 2.05) is 12.1 Å². The van der Waals surface area contributed by atoms with Crippen molar-refractivity contribution in [3.05, 3.63) is 69.9 Å². The van der Waals surface area contributed by atoms with E-state index in [4.69, 9.17) is 14.9 Å². The summed E-state index contributed by atoms with van der Waals surface area (Å²) in [5.74, 6) is 0.432.